The molecule has 0 unspecified atom stereocenters. The van der Waals surface area contributed by atoms with Crippen molar-refractivity contribution in [2.24, 2.45) is 5.73 Å². The van der Waals surface area contributed by atoms with Crippen LogP contribution in [0.1, 0.15) is 6.92 Å². The first kappa shape index (κ1) is 14.5. The van der Waals surface area contributed by atoms with Crippen molar-refractivity contribution in [2.45, 2.75) is 6.92 Å². The third-order valence-corrected chi connectivity index (χ3v) is 2.67. The van der Waals surface area contributed by atoms with Gasteiger partial charge in [-0.2, -0.15) is 0 Å². The number of benzene rings is 1. The van der Waals surface area contributed by atoms with Crippen molar-refractivity contribution in [1.29, 1.82) is 0 Å². The number of allylic oxidation sites excluding steroid dienone is 1. The number of nitrogens with one attached hydrogen (secondary N) is 1. The zero-order valence-corrected chi connectivity index (χ0v) is 11.6. The third-order valence-electron chi connectivity index (χ3n) is 2.11. The van der Waals surface area contributed by atoms with Gasteiger partial charge in [0.05, 0.1) is 7.11 Å². The van der Waals surface area contributed by atoms with Gasteiger partial charge in [-0.15, -0.1) is 0 Å². The molecule has 0 radical (unpaired) electrons. The predicted molar refractivity (Wildman–Crippen MR) is 76.6 cm³/mol. The molecule has 6 heteroatoms. The Labute approximate surface area is 116 Å². The highest BCUT2D eigenvalue weighted by atomic mass is 35.5. The van der Waals surface area contributed by atoms with E-state index in [2.05, 4.69) is 10.1 Å². The van der Waals surface area contributed by atoms with E-state index in [1.807, 2.05) is 0 Å². The maximum absolute atomic E-state index is 11.5. The Morgan fingerprint density at radius 1 is 1.39 bits per heavy atom. The van der Waals surface area contributed by atoms with Gasteiger partial charge in [0.25, 0.3) is 0 Å². The number of nitrogens with two attached hydrogens (primary N) is 1. The number of anilines is 1. The minimum atomic E-state index is -0.568. The number of halogens is 1. The smallest absolute Gasteiger partial charge is 0.342 e. The second-order valence-electron chi connectivity index (χ2n) is 3.51. The quantitative estimate of drug-likeness (QED) is 0.507. The van der Waals surface area contributed by atoms with Gasteiger partial charge in [0, 0.05) is 16.4 Å². The Balaban J connectivity index is 2.90. The molecule has 0 amide bonds. The Kier molecular flexibility index (Phi) is 5.12. The molecule has 0 aliphatic carbocycles. The first-order valence-electron chi connectivity index (χ1n) is 5.07. The molecule has 0 saturated heterocycles. The van der Waals surface area contributed by atoms with Crippen molar-refractivity contribution in [3.63, 3.8) is 0 Å². The van der Waals surface area contributed by atoms with Crippen molar-refractivity contribution in [3.8, 4) is 0 Å². The highest BCUT2D eigenvalue weighted by molar-refractivity contribution is 7.81. The third kappa shape index (κ3) is 3.72. The average Bonchev–Trinajstić information content (AvgIpc) is 2.31. The summed E-state index contributed by atoms with van der Waals surface area (Å²) >= 11 is 10.9. The Hall–Kier alpha value is -1.59. The summed E-state index contributed by atoms with van der Waals surface area (Å²) in [7, 11) is 1.27. The van der Waals surface area contributed by atoms with Crippen LogP contribution in [-0.4, -0.2) is 18.1 Å². The van der Waals surface area contributed by atoms with E-state index in [0.717, 1.165) is 0 Å². The fraction of sp³-hybridized carbons (Fsp3) is 0.167. The maximum atomic E-state index is 11.5. The Morgan fingerprint density at radius 3 is 2.39 bits per heavy atom. The lowest BCUT2D eigenvalue weighted by atomic mass is 10.2. The van der Waals surface area contributed by atoms with Gasteiger partial charge in [-0.3, -0.25) is 0 Å². The van der Waals surface area contributed by atoms with Crippen molar-refractivity contribution in [2.75, 3.05) is 12.4 Å². The van der Waals surface area contributed by atoms with Gasteiger partial charge in [-0.1, -0.05) is 23.8 Å². The van der Waals surface area contributed by atoms with E-state index in [-0.39, 0.29) is 10.6 Å². The number of hydrogen-bond acceptors (Lipinski definition) is 4. The molecule has 1 rings (SSSR count). The number of ether oxygens (including phenoxy) is 1. The first-order chi connectivity index (χ1) is 8.45. The topological polar surface area (TPSA) is 64.3 Å². The van der Waals surface area contributed by atoms with E-state index < -0.39 is 5.97 Å². The summed E-state index contributed by atoms with van der Waals surface area (Å²) in [6.07, 6.45) is 0. The summed E-state index contributed by atoms with van der Waals surface area (Å²) in [6, 6.07) is 6.91. The number of thiocarbonyl (C=S) groups is 1. The lowest BCUT2D eigenvalue weighted by Gasteiger charge is -2.11. The van der Waals surface area contributed by atoms with Crippen molar-refractivity contribution in [3.05, 3.63) is 40.6 Å². The van der Waals surface area contributed by atoms with Gasteiger partial charge in [-0.05, 0) is 31.2 Å². The molecule has 0 bridgehead atoms. The average molecular weight is 285 g/mol. The van der Waals surface area contributed by atoms with E-state index in [4.69, 9.17) is 29.6 Å². The van der Waals surface area contributed by atoms with Crippen LogP contribution in [0.5, 0.6) is 0 Å². The fourth-order valence-corrected chi connectivity index (χ4v) is 1.75. The summed E-state index contributed by atoms with van der Waals surface area (Å²) in [5, 5.41) is 3.52. The van der Waals surface area contributed by atoms with Crippen LogP contribution in [0, 0.1) is 0 Å². The maximum Gasteiger partial charge on any atom is 0.342 e. The van der Waals surface area contributed by atoms with Crippen LogP contribution in [0.15, 0.2) is 35.5 Å². The normalized spacial score (nSPS) is 11.5. The van der Waals surface area contributed by atoms with Crippen molar-refractivity contribution in [1.82, 2.24) is 0 Å². The fourth-order valence-electron chi connectivity index (χ4n) is 1.26. The summed E-state index contributed by atoms with van der Waals surface area (Å²) < 4.78 is 4.63. The van der Waals surface area contributed by atoms with Gasteiger partial charge >= 0.3 is 5.97 Å². The molecular weight excluding hydrogens is 272 g/mol. The van der Waals surface area contributed by atoms with E-state index in [1.54, 1.807) is 31.2 Å². The number of carbonyl (C=O) groups excluding carboxylic acids is 1. The number of esters is 1. The summed E-state index contributed by atoms with van der Waals surface area (Å²) in [4.78, 5) is 11.7. The van der Waals surface area contributed by atoms with Crippen LogP contribution in [0.3, 0.4) is 0 Å². The molecule has 0 fully saturated rings. The molecule has 0 aliphatic heterocycles. The molecule has 1 aromatic rings. The Bertz CT molecular complexity index is 493. The van der Waals surface area contributed by atoms with Gasteiger partial charge in [0.15, 0.2) is 0 Å². The van der Waals surface area contributed by atoms with Crippen LogP contribution in [-0.2, 0) is 9.53 Å². The SMILES string of the molecule is COC(=O)/C(C(=S)Nc1ccc(Cl)cc1)=C(/C)N. The molecule has 0 saturated carbocycles. The number of rotatable bonds is 3. The van der Waals surface area contributed by atoms with Gasteiger partial charge in [-0.25, -0.2) is 4.79 Å². The van der Waals surface area contributed by atoms with Gasteiger partial charge in [0.2, 0.25) is 0 Å². The van der Waals surface area contributed by atoms with Crippen LogP contribution in [0.4, 0.5) is 5.69 Å². The molecule has 18 heavy (non-hydrogen) atoms. The van der Waals surface area contributed by atoms with Gasteiger partial charge in [0.1, 0.15) is 10.6 Å². The molecule has 4 nitrogen and oxygen atoms in total. The van der Waals surface area contributed by atoms with E-state index >= 15 is 0 Å². The molecule has 1 aromatic carbocycles. The second kappa shape index (κ2) is 6.37. The number of methoxy groups -OCH3 is 1. The Morgan fingerprint density at radius 2 is 1.94 bits per heavy atom. The largest absolute Gasteiger partial charge is 0.465 e. The molecule has 0 heterocycles. The molecule has 3 N–H and O–H groups in total. The van der Waals surface area contributed by atoms with Crippen LogP contribution in [0.2, 0.25) is 5.02 Å². The molecule has 0 atom stereocenters. The van der Waals surface area contributed by atoms with E-state index in [1.165, 1.54) is 7.11 Å². The molecule has 0 spiro atoms. The first-order valence-corrected chi connectivity index (χ1v) is 5.86. The summed E-state index contributed by atoms with van der Waals surface area (Å²) in [5.41, 5.74) is 6.79. The highest BCUT2D eigenvalue weighted by Gasteiger charge is 2.17. The van der Waals surface area contributed by atoms with Crippen LogP contribution in [0.25, 0.3) is 0 Å². The molecular formula is C12H13ClN2O2S. The summed E-state index contributed by atoms with van der Waals surface area (Å²) in [5.74, 6) is -0.568. The minimum absolute atomic E-state index is 0.155. The second-order valence-corrected chi connectivity index (χ2v) is 4.36. The molecule has 0 aromatic heterocycles. The highest BCUT2D eigenvalue weighted by Crippen LogP contribution is 2.15. The lowest BCUT2D eigenvalue weighted by Crippen LogP contribution is -2.23. The zero-order chi connectivity index (χ0) is 13.7. The zero-order valence-electron chi connectivity index (χ0n) is 9.99. The van der Waals surface area contributed by atoms with Crippen LogP contribution >= 0.6 is 23.8 Å². The van der Waals surface area contributed by atoms with Crippen LogP contribution < -0.4 is 11.1 Å². The van der Waals surface area contributed by atoms with Gasteiger partial charge < -0.3 is 15.8 Å². The standard InChI is InChI=1S/C12H13ClN2O2S/c1-7(14)10(12(16)17-2)11(18)15-9-5-3-8(13)4-6-9/h3-6H,14H2,1-2H3,(H,15,18)/b10-7-. The van der Waals surface area contributed by atoms with E-state index in [9.17, 15) is 4.79 Å². The minimum Gasteiger partial charge on any atom is -0.465 e. The molecule has 96 valence electrons. The summed E-state index contributed by atoms with van der Waals surface area (Å²) in [6.45, 7) is 1.59. The predicted octanol–water partition coefficient (Wildman–Crippen LogP) is 2.48. The van der Waals surface area contributed by atoms with Crippen molar-refractivity contribution < 1.29 is 9.53 Å². The lowest BCUT2D eigenvalue weighted by molar-refractivity contribution is -0.135. The molecule has 0 aliphatic rings. The number of carbonyl (C=O) groups is 1. The van der Waals surface area contributed by atoms with E-state index in [0.29, 0.717) is 16.4 Å². The number of hydrogen-bond donors (Lipinski definition) is 2. The monoisotopic (exact) mass is 284 g/mol. The van der Waals surface area contributed by atoms with Crippen molar-refractivity contribution >= 4 is 40.5 Å².